The second kappa shape index (κ2) is 8.92. The summed E-state index contributed by atoms with van der Waals surface area (Å²) < 4.78 is 5.30. The monoisotopic (exact) mass is 402 g/mol. The fourth-order valence-electron chi connectivity index (χ4n) is 2.93. The van der Waals surface area contributed by atoms with Gasteiger partial charge in [-0.25, -0.2) is 4.98 Å². The van der Waals surface area contributed by atoms with Crippen molar-refractivity contribution in [3.05, 3.63) is 35.5 Å². The van der Waals surface area contributed by atoms with Gasteiger partial charge in [0.25, 0.3) is 5.91 Å². The quantitative estimate of drug-likeness (QED) is 0.702. The Balaban J connectivity index is 1.50. The number of aromatic nitrogens is 2. The lowest BCUT2D eigenvalue weighted by atomic mass is 10.2. The lowest BCUT2D eigenvalue weighted by molar-refractivity contribution is -0.159. The number of pyridine rings is 1. The van der Waals surface area contributed by atoms with E-state index in [0.717, 1.165) is 10.7 Å². The highest BCUT2D eigenvalue weighted by Crippen LogP contribution is 2.21. The molecule has 0 spiro atoms. The van der Waals surface area contributed by atoms with Crippen LogP contribution in [-0.2, 0) is 25.5 Å². The van der Waals surface area contributed by atoms with Gasteiger partial charge in [-0.05, 0) is 19.1 Å². The second-order valence-corrected chi connectivity index (χ2v) is 7.36. The van der Waals surface area contributed by atoms with E-state index in [-0.39, 0.29) is 18.2 Å². The van der Waals surface area contributed by atoms with Crippen LogP contribution in [0, 0.1) is 0 Å². The molecule has 0 bridgehead atoms. The van der Waals surface area contributed by atoms with Crippen LogP contribution in [0.5, 0.6) is 0 Å². The third kappa shape index (κ3) is 4.92. The fourth-order valence-corrected chi connectivity index (χ4v) is 3.73. The van der Waals surface area contributed by atoms with Crippen LogP contribution in [0.1, 0.15) is 19.5 Å². The molecule has 148 valence electrons. The molecule has 0 N–H and O–H groups in total. The number of carbonyl (C=O) groups excluding carboxylic acids is 3. The SMILES string of the molecule is CC(=O)N1CCN(C(=O)C(C)OC(=O)Cc2csc(-c3ccccn3)n2)CC1. The summed E-state index contributed by atoms with van der Waals surface area (Å²) in [7, 11) is 0. The van der Waals surface area contributed by atoms with Crippen molar-refractivity contribution in [3.63, 3.8) is 0 Å². The maximum atomic E-state index is 12.5. The van der Waals surface area contributed by atoms with Gasteiger partial charge < -0.3 is 14.5 Å². The van der Waals surface area contributed by atoms with E-state index in [1.54, 1.807) is 28.3 Å². The van der Waals surface area contributed by atoms with E-state index >= 15 is 0 Å². The Morgan fingerprint density at radius 3 is 2.54 bits per heavy atom. The third-order valence-electron chi connectivity index (χ3n) is 4.45. The molecule has 0 aromatic carbocycles. The molecular formula is C19H22N4O4S. The smallest absolute Gasteiger partial charge is 0.312 e. The Kier molecular flexibility index (Phi) is 6.35. The third-order valence-corrected chi connectivity index (χ3v) is 5.37. The van der Waals surface area contributed by atoms with Gasteiger partial charge in [0, 0.05) is 44.7 Å². The van der Waals surface area contributed by atoms with Crippen LogP contribution in [0.4, 0.5) is 0 Å². The van der Waals surface area contributed by atoms with Gasteiger partial charge in [-0.3, -0.25) is 19.4 Å². The number of ether oxygens (including phenoxy) is 1. The van der Waals surface area contributed by atoms with Gasteiger partial charge in [-0.2, -0.15) is 0 Å². The Morgan fingerprint density at radius 2 is 1.89 bits per heavy atom. The molecule has 9 heteroatoms. The van der Waals surface area contributed by atoms with Gasteiger partial charge in [0.05, 0.1) is 17.8 Å². The molecule has 1 atom stereocenters. The summed E-state index contributed by atoms with van der Waals surface area (Å²) in [4.78, 5) is 48.0. The molecule has 3 rings (SSSR count). The van der Waals surface area contributed by atoms with E-state index in [9.17, 15) is 14.4 Å². The van der Waals surface area contributed by atoms with E-state index in [1.165, 1.54) is 18.3 Å². The molecule has 2 aromatic heterocycles. The zero-order chi connectivity index (χ0) is 20.1. The lowest BCUT2D eigenvalue weighted by Crippen LogP contribution is -2.52. The van der Waals surface area contributed by atoms with Crippen LogP contribution in [0.2, 0.25) is 0 Å². The Morgan fingerprint density at radius 1 is 1.18 bits per heavy atom. The predicted octanol–water partition coefficient (Wildman–Crippen LogP) is 1.37. The van der Waals surface area contributed by atoms with Gasteiger partial charge in [-0.1, -0.05) is 6.07 Å². The summed E-state index contributed by atoms with van der Waals surface area (Å²) in [5, 5.41) is 2.52. The van der Waals surface area contributed by atoms with Gasteiger partial charge >= 0.3 is 5.97 Å². The molecule has 3 heterocycles. The molecule has 2 aromatic rings. The molecule has 0 aliphatic carbocycles. The number of carbonyl (C=O) groups is 3. The van der Waals surface area contributed by atoms with E-state index in [4.69, 9.17) is 4.74 Å². The van der Waals surface area contributed by atoms with Crippen molar-refractivity contribution in [2.45, 2.75) is 26.4 Å². The first-order valence-corrected chi connectivity index (χ1v) is 9.91. The maximum absolute atomic E-state index is 12.5. The van der Waals surface area contributed by atoms with Gasteiger partial charge in [-0.15, -0.1) is 11.3 Å². The topological polar surface area (TPSA) is 92.7 Å². The van der Waals surface area contributed by atoms with E-state index in [1.807, 2.05) is 18.2 Å². The van der Waals surface area contributed by atoms with Gasteiger partial charge in [0.2, 0.25) is 5.91 Å². The first-order chi connectivity index (χ1) is 13.4. The molecule has 1 saturated heterocycles. The van der Waals surface area contributed by atoms with Crippen LogP contribution < -0.4 is 0 Å². The van der Waals surface area contributed by atoms with E-state index in [0.29, 0.717) is 31.9 Å². The number of piperazine rings is 1. The molecule has 1 unspecified atom stereocenters. The highest BCUT2D eigenvalue weighted by Gasteiger charge is 2.28. The highest BCUT2D eigenvalue weighted by molar-refractivity contribution is 7.13. The summed E-state index contributed by atoms with van der Waals surface area (Å²) in [5.41, 5.74) is 1.34. The van der Waals surface area contributed by atoms with Crippen molar-refractivity contribution >= 4 is 29.1 Å². The number of esters is 1. The number of hydrogen-bond donors (Lipinski definition) is 0. The number of rotatable bonds is 5. The van der Waals surface area contributed by atoms with Crippen LogP contribution in [0.15, 0.2) is 29.8 Å². The highest BCUT2D eigenvalue weighted by atomic mass is 32.1. The zero-order valence-electron chi connectivity index (χ0n) is 15.8. The molecule has 1 fully saturated rings. The molecule has 28 heavy (non-hydrogen) atoms. The largest absolute Gasteiger partial charge is 0.452 e. The van der Waals surface area contributed by atoms with Crippen LogP contribution in [0.25, 0.3) is 10.7 Å². The molecule has 0 saturated carbocycles. The first-order valence-electron chi connectivity index (χ1n) is 9.03. The zero-order valence-corrected chi connectivity index (χ0v) is 16.6. The van der Waals surface area contributed by atoms with Crippen molar-refractivity contribution in [1.82, 2.24) is 19.8 Å². The second-order valence-electron chi connectivity index (χ2n) is 6.50. The minimum absolute atomic E-state index is 0.0000832. The Hall–Kier alpha value is -2.81. The summed E-state index contributed by atoms with van der Waals surface area (Å²) in [6.45, 7) is 4.96. The summed E-state index contributed by atoms with van der Waals surface area (Å²) in [5.74, 6) is -0.745. The van der Waals surface area contributed by atoms with Crippen molar-refractivity contribution in [3.8, 4) is 10.7 Å². The van der Waals surface area contributed by atoms with Gasteiger partial charge in [0.1, 0.15) is 5.01 Å². The summed E-state index contributed by atoms with van der Waals surface area (Å²) in [6, 6.07) is 5.56. The van der Waals surface area contributed by atoms with Gasteiger partial charge in [0.15, 0.2) is 6.10 Å². The standard InChI is InChI=1S/C19H22N4O4S/c1-13(19(26)23-9-7-22(8-10-23)14(2)24)27-17(25)11-15-12-28-18(21-15)16-5-3-4-6-20-16/h3-6,12-13H,7-11H2,1-2H3. The first kappa shape index (κ1) is 19.9. The van der Waals surface area contributed by atoms with Crippen molar-refractivity contribution in [2.75, 3.05) is 26.2 Å². The molecule has 1 aliphatic heterocycles. The normalized spacial score (nSPS) is 15.2. The summed E-state index contributed by atoms with van der Waals surface area (Å²) in [6.07, 6.45) is 0.818. The Bertz CT molecular complexity index is 847. The van der Waals surface area contributed by atoms with Crippen molar-refractivity contribution in [1.29, 1.82) is 0 Å². The minimum Gasteiger partial charge on any atom is -0.452 e. The Labute approximate surface area is 167 Å². The lowest BCUT2D eigenvalue weighted by Gasteiger charge is -2.35. The number of hydrogen-bond acceptors (Lipinski definition) is 7. The maximum Gasteiger partial charge on any atom is 0.312 e. The minimum atomic E-state index is -0.870. The van der Waals surface area contributed by atoms with Crippen LogP contribution >= 0.6 is 11.3 Å². The fraction of sp³-hybridized carbons (Fsp3) is 0.421. The number of nitrogens with zero attached hydrogens (tertiary/aromatic N) is 4. The number of thiazole rings is 1. The number of amides is 2. The average Bonchev–Trinajstić information content (AvgIpc) is 3.16. The molecule has 8 nitrogen and oxygen atoms in total. The van der Waals surface area contributed by atoms with Crippen LogP contribution in [-0.4, -0.2) is 69.8 Å². The summed E-state index contributed by atoms with van der Waals surface area (Å²) >= 11 is 1.41. The van der Waals surface area contributed by atoms with Crippen LogP contribution in [0.3, 0.4) is 0 Å². The van der Waals surface area contributed by atoms with Crippen molar-refractivity contribution in [2.24, 2.45) is 0 Å². The molecule has 2 amide bonds. The molecule has 1 aliphatic rings. The molecular weight excluding hydrogens is 380 g/mol. The predicted molar refractivity (Wildman–Crippen MR) is 103 cm³/mol. The molecule has 0 radical (unpaired) electrons. The van der Waals surface area contributed by atoms with Crippen molar-refractivity contribution < 1.29 is 19.1 Å². The van der Waals surface area contributed by atoms with E-state index in [2.05, 4.69) is 9.97 Å². The van der Waals surface area contributed by atoms with E-state index < -0.39 is 12.1 Å². The average molecular weight is 402 g/mol.